The molecule has 0 radical (unpaired) electrons. The van der Waals surface area contributed by atoms with Gasteiger partial charge in [0.25, 0.3) is 0 Å². The van der Waals surface area contributed by atoms with Crippen LogP contribution in [0.15, 0.2) is 66.7 Å². The van der Waals surface area contributed by atoms with Crippen LogP contribution in [0.2, 0.25) is 5.02 Å². The summed E-state index contributed by atoms with van der Waals surface area (Å²) in [6.07, 6.45) is 5.57. The second-order valence-electron chi connectivity index (χ2n) is 5.29. The SMILES string of the molecule is O=C(Nc1ccccc1)C1(c2ccc(Cl)cc2)CC=CC1. The van der Waals surface area contributed by atoms with Crippen LogP contribution in [0.3, 0.4) is 0 Å². The zero-order valence-electron chi connectivity index (χ0n) is 11.6. The van der Waals surface area contributed by atoms with E-state index in [1.807, 2.05) is 54.6 Å². The maximum atomic E-state index is 12.8. The summed E-state index contributed by atoms with van der Waals surface area (Å²) in [6.45, 7) is 0. The van der Waals surface area contributed by atoms with Gasteiger partial charge in [-0.2, -0.15) is 0 Å². The summed E-state index contributed by atoms with van der Waals surface area (Å²) in [4.78, 5) is 12.8. The summed E-state index contributed by atoms with van der Waals surface area (Å²) in [5, 5.41) is 3.71. The van der Waals surface area contributed by atoms with Crippen molar-refractivity contribution in [3.8, 4) is 0 Å². The number of hydrogen-bond donors (Lipinski definition) is 1. The van der Waals surface area contributed by atoms with Crippen LogP contribution < -0.4 is 5.32 Å². The summed E-state index contributed by atoms with van der Waals surface area (Å²) >= 11 is 5.96. The predicted octanol–water partition coefficient (Wildman–Crippen LogP) is 4.57. The van der Waals surface area contributed by atoms with Gasteiger partial charge in [0.05, 0.1) is 5.41 Å². The number of hydrogen-bond acceptors (Lipinski definition) is 1. The Kier molecular flexibility index (Phi) is 3.80. The lowest BCUT2D eigenvalue weighted by molar-refractivity contribution is -0.121. The molecule has 0 heterocycles. The Balaban J connectivity index is 1.90. The van der Waals surface area contributed by atoms with Gasteiger partial charge in [0.1, 0.15) is 0 Å². The molecule has 1 amide bonds. The number of allylic oxidation sites excluding steroid dienone is 2. The van der Waals surface area contributed by atoms with E-state index in [1.54, 1.807) is 0 Å². The first kappa shape index (κ1) is 13.9. The fourth-order valence-electron chi connectivity index (χ4n) is 2.75. The molecule has 0 unspecified atom stereocenters. The third-order valence-electron chi connectivity index (χ3n) is 3.96. The van der Waals surface area contributed by atoms with Crippen molar-refractivity contribution < 1.29 is 4.79 Å². The van der Waals surface area contributed by atoms with Gasteiger partial charge in [-0.25, -0.2) is 0 Å². The molecule has 2 aromatic carbocycles. The largest absolute Gasteiger partial charge is 0.325 e. The Morgan fingerprint density at radius 3 is 2.19 bits per heavy atom. The Morgan fingerprint density at radius 1 is 0.952 bits per heavy atom. The summed E-state index contributed by atoms with van der Waals surface area (Å²) in [5.41, 5.74) is 1.30. The van der Waals surface area contributed by atoms with Crippen LogP contribution in [0.4, 0.5) is 5.69 Å². The minimum absolute atomic E-state index is 0.0287. The number of nitrogens with one attached hydrogen (secondary N) is 1. The van der Waals surface area contributed by atoms with Crippen LogP contribution in [0, 0.1) is 0 Å². The van der Waals surface area contributed by atoms with Crippen molar-refractivity contribution in [1.82, 2.24) is 0 Å². The van der Waals surface area contributed by atoms with Gasteiger partial charge in [-0.3, -0.25) is 4.79 Å². The monoisotopic (exact) mass is 297 g/mol. The lowest BCUT2D eigenvalue weighted by atomic mass is 9.77. The van der Waals surface area contributed by atoms with Crippen molar-refractivity contribution in [2.45, 2.75) is 18.3 Å². The minimum atomic E-state index is -0.527. The van der Waals surface area contributed by atoms with E-state index >= 15 is 0 Å². The van der Waals surface area contributed by atoms with Gasteiger partial charge >= 0.3 is 0 Å². The molecular formula is C18H16ClNO. The normalized spacial score (nSPS) is 15.9. The molecule has 3 rings (SSSR count). The third kappa shape index (κ3) is 2.72. The van der Waals surface area contributed by atoms with Crippen molar-refractivity contribution in [2.75, 3.05) is 5.32 Å². The lowest BCUT2D eigenvalue weighted by Gasteiger charge is -2.28. The molecule has 2 nitrogen and oxygen atoms in total. The summed E-state index contributed by atoms with van der Waals surface area (Å²) in [5.74, 6) is 0.0287. The number of rotatable bonds is 3. The molecule has 1 N–H and O–H groups in total. The van der Waals surface area contributed by atoms with E-state index in [2.05, 4.69) is 17.5 Å². The summed E-state index contributed by atoms with van der Waals surface area (Å²) < 4.78 is 0. The average Bonchev–Trinajstić information content (AvgIpc) is 3.00. The van der Waals surface area contributed by atoms with Crippen molar-refractivity contribution >= 4 is 23.2 Å². The fourth-order valence-corrected chi connectivity index (χ4v) is 2.87. The molecule has 0 saturated carbocycles. The number of benzene rings is 2. The molecule has 1 aliphatic carbocycles. The summed E-state index contributed by atoms with van der Waals surface area (Å²) in [6, 6.07) is 17.1. The van der Waals surface area contributed by atoms with Gasteiger partial charge < -0.3 is 5.32 Å². The average molecular weight is 298 g/mol. The van der Waals surface area contributed by atoms with E-state index in [9.17, 15) is 4.79 Å². The van der Waals surface area contributed by atoms with Crippen LogP contribution in [-0.4, -0.2) is 5.91 Å². The van der Waals surface area contributed by atoms with E-state index in [0.717, 1.165) is 11.3 Å². The number of para-hydroxylation sites is 1. The van der Waals surface area contributed by atoms with E-state index in [0.29, 0.717) is 17.9 Å². The van der Waals surface area contributed by atoms with E-state index in [-0.39, 0.29) is 5.91 Å². The van der Waals surface area contributed by atoms with Crippen molar-refractivity contribution in [2.24, 2.45) is 0 Å². The first-order valence-electron chi connectivity index (χ1n) is 6.98. The number of carbonyl (C=O) groups is 1. The van der Waals surface area contributed by atoms with Crippen LogP contribution in [0.1, 0.15) is 18.4 Å². The topological polar surface area (TPSA) is 29.1 Å². The minimum Gasteiger partial charge on any atom is -0.325 e. The van der Waals surface area contributed by atoms with Crippen LogP contribution in [0.5, 0.6) is 0 Å². The Morgan fingerprint density at radius 2 is 1.57 bits per heavy atom. The van der Waals surface area contributed by atoms with Crippen molar-refractivity contribution in [3.63, 3.8) is 0 Å². The van der Waals surface area contributed by atoms with Crippen LogP contribution in [-0.2, 0) is 10.2 Å². The Labute approximate surface area is 129 Å². The smallest absolute Gasteiger partial charge is 0.235 e. The molecule has 0 saturated heterocycles. The van der Waals surface area contributed by atoms with Gasteiger partial charge in [0.15, 0.2) is 0 Å². The third-order valence-corrected chi connectivity index (χ3v) is 4.21. The Bertz CT molecular complexity index is 653. The van der Waals surface area contributed by atoms with Crippen molar-refractivity contribution in [3.05, 3.63) is 77.3 Å². The molecule has 2 aromatic rings. The van der Waals surface area contributed by atoms with Gasteiger partial charge in [0, 0.05) is 10.7 Å². The quantitative estimate of drug-likeness (QED) is 0.826. The zero-order chi connectivity index (χ0) is 14.7. The highest BCUT2D eigenvalue weighted by Crippen LogP contribution is 2.38. The number of anilines is 1. The highest BCUT2D eigenvalue weighted by molar-refractivity contribution is 6.30. The summed E-state index contributed by atoms with van der Waals surface area (Å²) in [7, 11) is 0. The highest BCUT2D eigenvalue weighted by Gasteiger charge is 2.40. The fraction of sp³-hybridized carbons (Fsp3) is 0.167. The molecule has 0 spiro atoms. The first-order valence-corrected chi connectivity index (χ1v) is 7.36. The molecule has 1 aliphatic rings. The molecule has 0 aliphatic heterocycles. The molecular weight excluding hydrogens is 282 g/mol. The predicted molar refractivity (Wildman–Crippen MR) is 86.6 cm³/mol. The van der Waals surface area contributed by atoms with Gasteiger partial charge in [-0.1, -0.05) is 54.1 Å². The molecule has 0 atom stereocenters. The number of halogens is 1. The molecule has 106 valence electrons. The van der Waals surface area contributed by atoms with Gasteiger partial charge in [-0.05, 0) is 42.7 Å². The molecule has 0 aromatic heterocycles. The number of carbonyl (C=O) groups excluding carboxylic acids is 1. The van der Waals surface area contributed by atoms with Crippen LogP contribution >= 0.6 is 11.6 Å². The van der Waals surface area contributed by atoms with Crippen molar-refractivity contribution in [1.29, 1.82) is 0 Å². The number of amides is 1. The van der Waals surface area contributed by atoms with Gasteiger partial charge in [-0.15, -0.1) is 0 Å². The second-order valence-corrected chi connectivity index (χ2v) is 5.73. The maximum absolute atomic E-state index is 12.8. The standard InChI is InChI=1S/C18H16ClNO/c19-15-10-8-14(9-11-15)18(12-4-5-13-18)17(21)20-16-6-2-1-3-7-16/h1-11H,12-13H2,(H,20,21). The van der Waals surface area contributed by atoms with E-state index in [4.69, 9.17) is 11.6 Å². The lowest BCUT2D eigenvalue weighted by Crippen LogP contribution is -2.38. The first-order chi connectivity index (χ1) is 10.2. The molecule has 3 heteroatoms. The molecule has 21 heavy (non-hydrogen) atoms. The van der Waals surface area contributed by atoms with Gasteiger partial charge in [0.2, 0.25) is 5.91 Å². The molecule has 0 fully saturated rings. The molecule has 0 bridgehead atoms. The highest BCUT2D eigenvalue weighted by atomic mass is 35.5. The van der Waals surface area contributed by atoms with E-state index < -0.39 is 5.41 Å². The zero-order valence-corrected chi connectivity index (χ0v) is 12.3. The second kappa shape index (κ2) is 5.74. The van der Waals surface area contributed by atoms with E-state index in [1.165, 1.54) is 0 Å². The Hall–Kier alpha value is -2.06. The van der Waals surface area contributed by atoms with Crippen LogP contribution in [0.25, 0.3) is 0 Å². The maximum Gasteiger partial charge on any atom is 0.235 e.